The first-order chi connectivity index (χ1) is 8.74. The molecule has 0 unspecified atom stereocenters. The van der Waals surface area contributed by atoms with Gasteiger partial charge in [-0.05, 0) is 30.7 Å². The lowest BCUT2D eigenvalue weighted by atomic mass is 10.1. The largest absolute Gasteiger partial charge is 0.493 e. The van der Waals surface area contributed by atoms with Crippen molar-refractivity contribution in [2.24, 2.45) is 5.92 Å². The number of ether oxygens (including phenoxy) is 2. The maximum absolute atomic E-state index is 5.91. The van der Waals surface area contributed by atoms with Gasteiger partial charge in [-0.2, -0.15) is 0 Å². The van der Waals surface area contributed by atoms with Crippen molar-refractivity contribution in [1.29, 1.82) is 0 Å². The SMILES string of the molecule is CCC(CC)COc1cc(CNC)ccc1OC. The second-order valence-corrected chi connectivity index (χ2v) is 4.51. The molecule has 1 rings (SSSR count). The smallest absolute Gasteiger partial charge is 0.161 e. The van der Waals surface area contributed by atoms with Gasteiger partial charge in [-0.3, -0.25) is 0 Å². The first kappa shape index (κ1) is 14.8. The van der Waals surface area contributed by atoms with Crippen LogP contribution in [0.25, 0.3) is 0 Å². The highest BCUT2D eigenvalue weighted by atomic mass is 16.5. The highest BCUT2D eigenvalue weighted by molar-refractivity contribution is 5.42. The lowest BCUT2D eigenvalue weighted by molar-refractivity contribution is 0.230. The molecule has 0 bridgehead atoms. The highest BCUT2D eigenvalue weighted by Gasteiger charge is 2.09. The molecular weight excluding hydrogens is 226 g/mol. The van der Waals surface area contributed by atoms with Crippen LogP contribution in [-0.4, -0.2) is 20.8 Å². The molecule has 18 heavy (non-hydrogen) atoms. The van der Waals surface area contributed by atoms with Gasteiger partial charge in [0.2, 0.25) is 0 Å². The van der Waals surface area contributed by atoms with Gasteiger partial charge in [-0.25, -0.2) is 0 Å². The molecule has 0 amide bonds. The van der Waals surface area contributed by atoms with E-state index in [4.69, 9.17) is 9.47 Å². The monoisotopic (exact) mass is 251 g/mol. The van der Waals surface area contributed by atoms with Gasteiger partial charge in [-0.1, -0.05) is 32.8 Å². The van der Waals surface area contributed by atoms with Crippen LogP contribution < -0.4 is 14.8 Å². The second-order valence-electron chi connectivity index (χ2n) is 4.51. The van der Waals surface area contributed by atoms with Crippen molar-refractivity contribution in [3.8, 4) is 11.5 Å². The summed E-state index contributed by atoms with van der Waals surface area (Å²) in [7, 11) is 3.62. The molecule has 0 aliphatic heterocycles. The van der Waals surface area contributed by atoms with Crippen molar-refractivity contribution >= 4 is 0 Å². The Kier molecular flexibility index (Phi) is 6.58. The van der Waals surface area contributed by atoms with Crippen LogP contribution in [0, 0.1) is 5.92 Å². The number of rotatable bonds is 8. The van der Waals surface area contributed by atoms with Crippen LogP contribution in [0.5, 0.6) is 11.5 Å². The van der Waals surface area contributed by atoms with Gasteiger partial charge >= 0.3 is 0 Å². The number of hydrogen-bond donors (Lipinski definition) is 1. The van der Waals surface area contributed by atoms with E-state index in [1.54, 1.807) is 7.11 Å². The molecule has 102 valence electrons. The average molecular weight is 251 g/mol. The van der Waals surface area contributed by atoms with Gasteiger partial charge in [0.05, 0.1) is 13.7 Å². The van der Waals surface area contributed by atoms with Crippen LogP contribution in [0.3, 0.4) is 0 Å². The average Bonchev–Trinajstić information content (AvgIpc) is 2.40. The zero-order valence-electron chi connectivity index (χ0n) is 12.0. The van der Waals surface area contributed by atoms with Gasteiger partial charge in [-0.15, -0.1) is 0 Å². The summed E-state index contributed by atoms with van der Waals surface area (Å²) in [4.78, 5) is 0. The van der Waals surface area contributed by atoms with Crippen molar-refractivity contribution in [1.82, 2.24) is 5.32 Å². The number of nitrogens with one attached hydrogen (secondary N) is 1. The minimum atomic E-state index is 0.614. The molecule has 0 aromatic heterocycles. The first-order valence-corrected chi connectivity index (χ1v) is 6.69. The standard InChI is InChI=1S/C15H25NO2/c1-5-12(6-2)11-18-15-9-13(10-16-3)7-8-14(15)17-4/h7-9,12,16H,5-6,10-11H2,1-4H3. The van der Waals surface area contributed by atoms with Crippen molar-refractivity contribution in [2.45, 2.75) is 33.2 Å². The van der Waals surface area contributed by atoms with E-state index in [0.717, 1.165) is 37.5 Å². The van der Waals surface area contributed by atoms with Crippen LogP contribution >= 0.6 is 0 Å². The molecule has 0 saturated heterocycles. The lowest BCUT2D eigenvalue weighted by Gasteiger charge is -2.16. The Hall–Kier alpha value is -1.22. The molecule has 0 aliphatic rings. The Bertz CT molecular complexity index is 348. The fourth-order valence-corrected chi connectivity index (χ4v) is 1.88. The number of hydrogen-bond acceptors (Lipinski definition) is 3. The summed E-state index contributed by atoms with van der Waals surface area (Å²) in [5, 5.41) is 3.14. The Morgan fingerprint density at radius 2 is 1.89 bits per heavy atom. The molecule has 0 heterocycles. The lowest BCUT2D eigenvalue weighted by Crippen LogP contribution is -2.11. The van der Waals surface area contributed by atoms with E-state index in [9.17, 15) is 0 Å². The molecule has 3 nitrogen and oxygen atoms in total. The Morgan fingerprint density at radius 3 is 2.44 bits per heavy atom. The summed E-state index contributed by atoms with van der Waals surface area (Å²) >= 11 is 0. The topological polar surface area (TPSA) is 30.5 Å². The molecule has 0 fully saturated rings. The van der Waals surface area contributed by atoms with Gasteiger partial charge < -0.3 is 14.8 Å². The molecule has 1 N–H and O–H groups in total. The second kappa shape index (κ2) is 7.98. The third-order valence-electron chi connectivity index (χ3n) is 3.24. The summed E-state index contributed by atoms with van der Waals surface area (Å²) in [6, 6.07) is 6.08. The Balaban J connectivity index is 2.74. The molecule has 3 heteroatoms. The molecule has 0 spiro atoms. The van der Waals surface area contributed by atoms with E-state index in [0.29, 0.717) is 5.92 Å². The quantitative estimate of drug-likeness (QED) is 0.769. The van der Waals surface area contributed by atoms with Crippen molar-refractivity contribution in [3.05, 3.63) is 23.8 Å². The molecule has 1 aromatic carbocycles. The third kappa shape index (κ3) is 4.22. The normalized spacial score (nSPS) is 10.7. The van der Waals surface area contributed by atoms with Gasteiger partial charge in [0, 0.05) is 6.54 Å². The van der Waals surface area contributed by atoms with Crippen LogP contribution in [-0.2, 0) is 6.54 Å². The van der Waals surface area contributed by atoms with Gasteiger partial charge in [0.25, 0.3) is 0 Å². The Labute approximate surface area is 110 Å². The van der Waals surface area contributed by atoms with Crippen LogP contribution in [0.1, 0.15) is 32.3 Å². The van der Waals surface area contributed by atoms with E-state index in [2.05, 4.69) is 31.3 Å². The van der Waals surface area contributed by atoms with E-state index >= 15 is 0 Å². The summed E-state index contributed by atoms with van der Waals surface area (Å²) in [6.07, 6.45) is 2.30. The molecule has 0 saturated carbocycles. The Morgan fingerprint density at radius 1 is 1.17 bits per heavy atom. The molecule has 0 radical (unpaired) electrons. The summed E-state index contributed by atoms with van der Waals surface area (Å²) in [5.41, 5.74) is 1.21. The number of methoxy groups -OCH3 is 1. The van der Waals surface area contributed by atoms with E-state index in [1.807, 2.05) is 13.1 Å². The zero-order chi connectivity index (χ0) is 13.4. The predicted octanol–water partition coefficient (Wildman–Crippen LogP) is 3.23. The van der Waals surface area contributed by atoms with Crippen molar-refractivity contribution in [2.75, 3.05) is 20.8 Å². The van der Waals surface area contributed by atoms with Crippen LogP contribution in [0.15, 0.2) is 18.2 Å². The summed E-state index contributed by atoms with van der Waals surface area (Å²) < 4.78 is 11.2. The number of benzene rings is 1. The first-order valence-electron chi connectivity index (χ1n) is 6.69. The van der Waals surface area contributed by atoms with E-state index < -0.39 is 0 Å². The third-order valence-corrected chi connectivity index (χ3v) is 3.24. The fraction of sp³-hybridized carbons (Fsp3) is 0.600. The maximum Gasteiger partial charge on any atom is 0.161 e. The van der Waals surface area contributed by atoms with Gasteiger partial charge in [0.15, 0.2) is 11.5 Å². The summed E-state index contributed by atoms with van der Waals surface area (Å²) in [5.74, 6) is 2.26. The van der Waals surface area contributed by atoms with E-state index in [-0.39, 0.29) is 0 Å². The maximum atomic E-state index is 5.91. The highest BCUT2D eigenvalue weighted by Crippen LogP contribution is 2.28. The van der Waals surface area contributed by atoms with Crippen LogP contribution in [0.2, 0.25) is 0 Å². The minimum absolute atomic E-state index is 0.614. The molecule has 0 aliphatic carbocycles. The van der Waals surface area contributed by atoms with Gasteiger partial charge in [0.1, 0.15) is 0 Å². The fourth-order valence-electron chi connectivity index (χ4n) is 1.88. The zero-order valence-corrected chi connectivity index (χ0v) is 12.0. The minimum Gasteiger partial charge on any atom is -0.493 e. The molecule has 1 aromatic rings. The molecular formula is C15H25NO2. The van der Waals surface area contributed by atoms with Crippen molar-refractivity contribution < 1.29 is 9.47 Å². The molecule has 0 atom stereocenters. The van der Waals surface area contributed by atoms with Crippen molar-refractivity contribution in [3.63, 3.8) is 0 Å². The predicted molar refractivity (Wildman–Crippen MR) is 75.3 cm³/mol. The summed E-state index contributed by atoms with van der Waals surface area (Å²) in [6.45, 7) is 6.00. The van der Waals surface area contributed by atoms with Crippen LogP contribution in [0.4, 0.5) is 0 Å². The van der Waals surface area contributed by atoms with E-state index in [1.165, 1.54) is 5.56 Å².